The first-order valence-corrected chi connectivity index (χ1v) is 10.7. The molecule has 0 unspecified atom stereocenters. The molecule has 0 radical (unpaired) electrons. The first kappa shape index (κ1) is 20.6. The van der Waals surface area contributed by atoms with E-state index in [1.807, 2.05) is 0 Å². The minimum Gasteiger partial charge on any atom is -0.379 e. The molecule has 3 aliphatic heterocycles. The van der Waals surface area contributed by atoms with Crippen LogP contribution in [0, 0.1) is 17.3 Å². The summed E-state index contributed by atoms with van der Waals surface area (Å²) in [6.07, 6.45) is 3.27. The maximum Gasteiger partial charge on any atom is 0.223 e. The Morgan fingerprint density at radius 2 is 1.74 bits per heavy atom. The van der Waals surface area contributed by atoms with E-state index in [9.17, 15) is 9.59 Å². The lowest BCUT2D eigenvalue weighted by molar-refractivity contribution is -0.136. The molecule has 0 aliphatic carbocycles. The Hall–Kier alpha value is -1.14. The van der Waals surface area contributed by atoms with E-state index in [-0.39, 0.29) is 11.3 Å². The fourth-order valence-electron chi connectivity index (χ4n) is 4.59. The van der Waals surface area contributed by atoms with Gasteiger partial charge < -0.3 is 14.5 Å². The molecule has 0 bridgehead atoms. The summed E-state index contributed by atoms with van der Waals surface area (Å²) in [5.74, 6) is 1.51. The molecule has 2 atom stereocenters. The van der Waals surface area contributed by atoms with Gasteiger partial charge in [-0.05, 0) is 30.1 Å². The predicted molar refractivity (Wildman–Crippen MR) is 105 cm³/mol. The van der Waals surface area contributed by atoms with Crippen molar-refractivity contribution in [1.82, 2.24) is 14.7 Å². The zero-order valence-electron chi connectivity index (χ0n) is 17.4. The van der Waals surface area contributed by atoms with Crippen LogP contribution in [0.2, 0.25) is 0 Å². The molecule has 3 fully saturated rings. The first-order chi connectivity index (χ1) is 12.8. The van der Waals surface area contributed by atoms with Gasteiger partial charge in [-0.3, -0.25) is 14.5 Å². The van der Waals surface area contributed by atoms with Crippen LogP contribution in [0.3, 0.4) is 0 Å². The molecule has 3 saturated heterocycles. The Morgan fingerprint density at radius 1 is 1.04 bits per heavy atom. The molecule has 3 heterocycles. The third kappa shape index (κ3) is 5.92. The molecule has 27 heavy (non-hydrogen) atoms. The topological polar surface area (TPSA) is 53.1 Å². The summed E-state index contributed by atoms with van der Waals surface area (Å²) >= 11 is 0. The molecule has 0 spiro atoms. The van der Waals surface area contributed by atoms with Gasteiger partial charge in [-0.25, -0.2) is 0 Å². The average Bonchev–Trinajstić information content (AvgIpc) is 2.77. The normalized spacial score (nSPS) is 28.0. The Balaban J connectivity index is 1.51. The van der Waals surface area contributed by atoms with E-state index < -0.39 is 0 Å². The molecule has 6 heteroatoms. The molecular weight excluding hydrogens is 342 g/mol. The molecule has 0 N–H and O–H groups in total. The van der Waals surface area contributed by atoms with Crippen LogP contribution in [0.1, 0.15) is 46.5 Å². The lowest BCUT2D eigenvalue weighted by Gasteiger charge is -2.38. The van der Waals surface area contributed by atoms with Crippen LogP contribution in [0.5, 0.6) is 0 Å². The van der Waals surface area contributed by atoms with Crippen molar-refractivity contribution in [1.29, 1.82) is 0 Å². The first-order valence-electron chi connectivity index (χ1n) is 10.7. The van der Waals surface area contributed by atoms with Gasteiger partial charge in [-0.1, -0.05) is 20.8 Å². The molecule has 3 rings (SSSR count). The smallest absolute Gasteiger partial charge is 0.223 e. The lowest BCUT2D eigenvalue weighted by Crippen LogP contribution is -2.44. The molecule has 0 saturated carbocycles. The number of ether oxygens (including phenoxy) is 1. The zero-order chi connectivity index (χ0) is 19.4. The molecule has 0 aromatic heterocycles. The van der Waals surface area contributed by atoms with Gasteiger partial charge in [-0.15, -0.1) is 0 Å². The van der Waals surface area contributed by atoms with Crippen LogP contribution in [0.15, 0.2) is 0 Å². The highest BCUT2D eigenvalue weighted by molar-refractivity contribution is 5.78. The predicted octanol–water partition coefficient (Wildman–Crippen LogP) is 1.84. The number of fused-ring (bicyclic) bond motifs is 1. The Bertz CT molecular complexity index is 525. The third-order valence-corrected chi connectivity index (χ3v) is 6.27. The van der Waals surface area contributed by atoms with Crippen molar-refractivity contribution in [3.05, 3.63) is 0 Å². The highest BCUT2D eigenvalue weighted by Gasteiger charge is 2.36. The van der Waals surface area contributed by atoms with Gasteiger partial charge in [0.25, 0.3) is 0 Å². The number of piperidine rings is 1. The summed E-state index contributed by atoms with van der Waals surface area (Å²) in [5.41, 5.74) is 0.0314. The van der Waals surface area contributed by atoms with Crippen LogP contribution in [-0.4, -0.2) is 85.5 Å². The van der Waals surface area contributed by atoms with E-state index in [2.05, 4.69) is 35.5 Å². The number of hydrogen-bond donors (Lipinski definition) is 0. The van der Waals surface area contributed by atoms with Crippen molar-refractivity contribution in [2.45, 2.75) is 46.5 Å². The van der Waals surface area contributed by atoms with Gasteiger partial charge in [-0.2, -0.15) is 0 Å². The molecule has 0 aromatic carbocycles. The maximum atomic E-state index is 12.7. The quantitative estimate of drug-likeness (QED) is 0.748. The second-order valence-corrected chi connectivity index (χ2v) is 9.71. The van der Waals surface area contributed by atoms with Crippen LogP contribution in [0.4, 0.5) is 0 Å². The van der Waals surface area contributed by atoms with Crippen molar-refractivity contribution in [2.24, 2.45) is 17.3 Å². The van der Waals surface area contributed by atoms with Crippen molar-refractivity contribution in [2.75, 3.05) is 59.0 Å². The van der Waals surface area contributed by atoms with E-state index in [0.29, 0.717) is 30.6 Å². The van der Waals surface area contributed by atoms with Crippen molar-refractivity contribution in [3.8, 4) is 0 Å². The van der Waals surface area contributed by atoms with Gasteiger partial charge in [0.1, 0.15) is 0 Å². The monoisotopic (exact) mass is 379 g/mol. The fraction of sp³-hybridized carbons (Fsp3) is 0.905. The highest BCUT2D eigenvalue weighted by Crippen LogP contribution is 2.33. The number of morpholine rings is 1. The average molecular weight is 380 g/mol. The number of likely N-dealkylation sites (tertiary alicyclic amines) is 2. The summed E-state index contributed by atoms with van der Waals surface area (Å²) < 4.78 is 5.40. The molecule has 2 amide bonds. The second-order valence-electron chi connectivity index (χ2n) is 9.71. The van der Waals surface area contributed by atoms with Crippen molar-refractivity contribution < 1.29 is 14.3 Å². The number of nitrogens with zero attached hydrogens (tertiary/aromatic N) is 3. The Morgan fingerprint density at radius 3 is 2.44 bits per heavy atom. The molecule has 0 aromatic rings. The lowest BCUT2D eigenvalue weighted by atomic mass is 9.81. The summed E-state index contributed by atoms with van der Waals surface area (Å²) in [7, 11) is 0. The largest absolute Gasteiger partial charge is 0.379 e. The van der Waals surface area contributed by atoms with E-state index >= 15 is 0 Å². The molecule has 6 nitrogen and oxygen atoms in total. The Kier molecular flexibility index (Phi) is 6.79. The van der Waals surface area contributed by atoms with Gasteiger partial charge in [0.2, 0.25) is 11.8 Å². The van der Waals surface area contributed by atoms with Crippen LogP contribution >= 0.6 is 0 Å². The SMILES string of the molecule is CC(C)(C)CC(=O)N1CC[C@H]2CC(=O)N(CCN3CCOCC3)CC[C@H]2C1. The van der Waals surface area contributed by atoms with Gasteiger partial charge in [0, 0.05) is 58.7 Å². The number of rotatable bonds is 4. The van der Waals surface area contributed by atoms with Crippen LogP contribution in [-0.2, 0) is 14.3 Å². The number of carbonyl (C=O) groups excluding carboxylic acids is 2. The van der Waals surface area contributed by atoms with Gasteiger partial charge in [0.15, 0.2) is 0 Å². The minimum atomic E-state index is 0.0314. The van der Waals surface area contributed by atoms with Crippen molar-refractivity contribution in [3.63, 3.8) is 0 Å². The van der Waals surface area contributed by atoms with Crippen LogP contribution < -0.4 is 0 Å². The van der Waals surface area contributed by atoms with E-state index in [0.717, 1.165) is 71.9 Å². The third-order valence-electron chi connectivity index (χ3n) is 6.27. The molecule has 3 aliphatic rings. The van der Waals surface area contributed by atoms with E-state index in [4.69, 9.17) is 4.74 Å². The van der Waals surface area contributed by atoms with E-state index in [1.54, 1.807) is 0 Å². The van der Waals surface area contributed by atoms with Crippen LogP contribution in [0.25, 0.3) is 0 Å². The van der Waals surface area contributed by atoms with Crippen molar-refractivity contribution >= 4 is 11.8 Å². The number of carbonyl (C=O) groups is 2. The highest BCUT2D eigenvalue weighted by atomic mass is 16.5. The van der Waals surface area contributed by atoms with E-state index in [1.165, 1.54) is 0 Å². The van der Waals surface area contributed by atoms with Gasteiger partial charge in [0.05, 0.1) is 13.2 Å². The zero-order valence-corrected chi connectivity index (χ0v) is 17.4. The number of amides is 2. The maximum absolute atomic E-state index is 12.7. The van der Waals surface area contributed by atoms with Gasteiger partial charge >= 0.3 is 0 Å². The minimum absolute atomic E-state index is 0.0314. The second kappa shape index (κ2) is 8.91. The Labute approximate surface area is 164 Å². The number of hydrogen-bond acceptors (Lipinski definition) is 4. The summed E-state index contributed by atoms with van der Waals surface area (Å²) in [5, 5.41) is 0. The molecular formula is C21H37N3O3. The summed E-state index contributed by atoms with van der Waals surface area (Å²) in [6.45, 7) is 14.2. The fourth-order valence-corrected chi connectivity index (χ4v) is 4.59. The summed E-state index contributed by atoms with van der Waals surface area (Å²) in [4.78, 5) is 31.9. The summed E-state index contributed by atoms with van der Waals surface area (Å²) in [6, 6.07) is 0. The molecule has 154 valence electrons. The standard InChI is InChI=1S/C21H37N3O3/c1-21(2,3)15-20(26)24-7-4-17-14-19(25)23(6-5-18(17)16-24)9-8-22-10-12-27-13-11-22/h17-18H,4-16H2,1-3H3/t17-,18-/m0/s1.